The minimum Gasteiger partial charge on any atom is -0.256 e. The Morgan fingerprint density at radius 1 is 1.06 bits per heavy atom. The SMILES string of the molecule is Cc1ccc2ncccc2c1-n1cccn1. The minimum absolute atomic E-state index is 0.999. The third-order valence-corrected chi connectivity index (χ3v) is 2.69. The van der Waals surface area contributed by atoms with E-state index in [2.05, 4.69) is 29.1 Å². The molecule has 3 rings (SSSR count). The van der Waals surface area contributed by atoms with Gasteiger partial charge in [-0.15, -0.1) is 0 Å². The van der Waals surface area contributed by atoms with Crippen molar-refractivity contribution in [3.63, 3.8) is 0 Å². The van der Waals surface area contributed by atoms with Crippen LogP contribution in [0.4, 0.5) is 0 Å². The fourth-order valence-corrected chi connectivity index (χ4v) is 1.95. The molecule has 3 aromatic rings. The van der Waals surface area contributed by atoms with Crippen LogP contribution in [-0.2, 0) is 0 Å². The highest BCUT2D eigenvalue weighted by Gasteiger charge is 2.06. The number of hydrogen-bond donors (Lipinski definition) is 0. The Morgan fingerprint density at radius 2 is 2.00 bits per heavy atom. The number of fused-ring (bicyclic) bond motifs is 1. The van der Waals surface area contributed by atoms with E-state index < -0.39 is 0 Å². The molecule has 0 saturated carbocycles. The Morgan fingerprint density at radius 3 is 2.81 bits per heavy atom. The second-order valence-corrected chi connectivity index (χ2v) is 3.75. The number of hydrogen-bond acceptors (Lipinski definition) is 2. The lowest BCUT2D eigenvalue weighted by molar-refractivity contribution is 0.880. The predicted molar refractivity (Wildman–Crippen MR) is 63.6 cm³/mol. The van der Waals surface area contributed by atoms with Gasteiger partial charge in [-0.3, -0.25) is 4.98 Å². The molecule has 3 nitrogen and oxygen atoms in total. The summed E-state index contributed by atoms with van der Waals surface area (Å²) >= 11 is 0. The largest absolute Gasteiger partial charge is 0.256 e. The molecule has 0 spiro atoms. The van der Waals surface area contributed by atoms with Crippen molar-refractivity contribution in [2.75, 3.05) is 0 Å². The number of rotatable bonds is 1. The van der Waals surface area contributed by atoms with Crippen molar-refractivity contribution in [2.24, 2.45) is 0 Å². The topological polar surface area (TPSA) is 30.7 Å². The van der Waals surface area contributed by atoms with Crippen LogP contribution in [-0.4, -0.2) is 14.8 Å². The molecule has 16 heavy (non-hydrogen) atoms. The van der Waals surface area contributed by atoms with Gasteiger partial charge in [0.15, 0.2) is 0 Å². The van der Waals surface area contributed by atoms with Gasteiger partial charge in [0.2, 0.25) is 0 Å². The maximum atomic E-state index is 4.35. The van der Waals surface area contributed by atoms with Gasteiger partial charge in [0.1, 0.15) is 0 Å². The fourth-order valence-electron chi connectivity index (χ4n) is 1.95. The van der Waals surface area contributed by atoms with Gasteiger partial charge in [0, 0.05) is 24.0 Å². The summed E-state index contributed by atoms with van der Waals surface area (Å²) in [5.41, 5.74) is 3.30. The molecule has 0 aliphatic carbocycles. The average molecular weight is 209 g/mol. The van der Waals surface area contributed by atoms with Gasteiger partial charge in [-0.05, 0) is 36.8 Å². The fraction of sp³-hybridized carbons (Fsp3) is 0.0769. The Bertz CT molecular complexity index is 627. The van der Waals surface area contributed by atoms with Crippen LogP contribution in [0.1, 0.15) is 5.56 Å². The van der Waals surface area contributed by atoms with Crippen LogP contribution in [0.3, 0.4) is 0 Å². The van der Waals surface area contributed by atoms with E-state index in [4.69, 9.17) is 0 Å². The van der Waals surface area contributed by atoms with Gasteiger partial charge in [-0.2, -0.15) is 5.10 Å². The van der Waals surface area contributed by atoms with E-state index in [1.165, 1.54) is 5.56 Å². The van der Waals surface area contributed by atoms with Crippen LogP contribution in [0.2, 0.25) is 0 Å². The van der Waals surface area contributed by atoms with Crippen molar-refractivity contribution < 1.29 is 0 Å². The summed E-state index contributed by atoms with van der Waals surface area (Å²) in [4.78, 5) is 4.35. The summed E-state index contributed by atoms with van der Waals surface area (Å²) in [5.74, 6) is 0. The van der Waals surface area contributed by atoms with Crippen molar-refractivity contribution in [3.05, 3.63) is 54.5 Å². The molecular formula is C13H11N3. The highest BCUT2D eigenvalue weighted by Crippen LogP contribution is 2.23. The average Bonchev–Trinajstić information content (AvgIpc) is 2.82. The van der Waals surface area contributed by atoms with E-state index in [-0.39, 0.29) is 0 Å². The maximum absolute atomic E-state index is 4.35. The molecular weight excluding hydrogens is 198 g/mol. The molecule has 0 bridgehead atoms. The number of benzene rings is 1. The van der Waals surface area contributed by atoms with Crippen LogP contribution in [0.15, 0.2) is 48.9 Å². The molecule has 3 heteroatoms. The molecule has 0 atom stereocenters. The molecule has 0 N–H and O–H groups in total. The van der Waals surface area contributed by atoms with Gasteiger partial charge < -0.3 is 0 Å². The van der Waals surface area contributed by atoms with Gasteiger partial charge in [0.05, 0.1) is 11.2 Å². The molecule has 0 saturated heterocycles. The monoisotopic (exact) mass is 209 g/mol. The minimum atomic E-state index is 0.999. The van der Waals surface area contributed by atoms with E-state index in [9.17, 15) is 0 Å². The van der Waals surface area contributed by atoms with E-state index in [0.29, 0.717) is 0 Å². The molecule has 78 valence electrons. The van der Waals surface area contributed by atoms with Crippen LogP contribution in [0, 0.1) is 6.92 Å². The Hall–Kier alpha value is -2.16. The van der Waals surface area contributed by atoms with Gasteiger partial charge in [0.25, 0.3) is 0 Å². The molecule has 0 fully saturated rings. The van der Waals surface area contributed by atoms with E-state index in [0.717, 1.165) is 16.6 Å². The summed E-state index contributed by atoms with van der Waals surface area (Å²) in [6.45, 7) is 2.09. The molecule has 2 aromatic heterocycles. The van der Waals surface area contributed by atoms with Crippen molar-refractivity contribution in [2.45, 2.75) is 6.92 Å². The lowest BCUT2D eigenvalue weighted by Gasteiger charge is -2.09. The van der Waals surface area contributed by atoms with Gasteiger partial charge in [-0.1, -0.05) is 6.07 Å². The highest BCUT2D eigenvalue weighted by atomic mass is 15.3. The first-order valence-electron chi connectivity index (χ1n) is 5.20. The van der Waals surface area contributed by atoms with E-state index in [1.54, 1.807) is 6.20 Å². The maximum Gasteiger partial charge on any atom is 0.0768 e. The number of aryl methyl sites for hydroxylation is 1. The second-order valence-electron chi connectivity index (χ2n) is 3.75. The van der Waals surface area contributed by atoms with Crippen LogP contribution < -0.4 is 0 Å². The number of nitrogens with zero attached hydrogens (tertiary/aromatic N) is 3. The lowest BCUT2D eigenvalue weighted by Crippen LogP contribution is -1.99. The summed E-state index contributed by atoms with van der Waals surface area (Å²) in [6, 6.07) is 10.1. The number of pyridine rings is 1. The first-order chi connectivity index (χ1) is 7.86. The van der Waals surface area contributed by atoms with E-state index >= 15 is 0 Å². The number of aromatic nitrogens is 3. The Balaban J connectivity index is 2.42. The summed E-state index contributed by atoms with van der Waals surface area (Å²) in [6.07, 6.45) is 5.55. The summed E-state index contributed by atoms with van der Waals surface area (Å²) in [7, 11) is 0. The zero-order chi connectivity index (χ0) is 11.0. The first-order valence-corrected chi connectivity index (χ1v) is 5.20. The molecule has 0 aliphatic heterocycles. The smallest absolute Gasteiger partial charge is 0.0768 e. The summed E-state index contributed by atoms with van der Waals surface area (Å²) < 4.78 is 1.89. The molecule has 0 radical (unpaired) electrons. The van der Waals surface area contributed by atoms with Crippen molar-refractivity contribution in [3.8, 4) is 5.69 Å². The Labute approximate surface area is 93.4 Å². The van der Waals surface area contributed by atoms with Gasteiger partial charge >= 0.3 is 0 Å². The Kier molecular flexibility index (Phi) is 1.96. The zero-order valence-electron chi connectivity index (χ0n) is 8.96. The van der Waals surface area contributed by atoms with E-state index in [1.807, 2.05) is 35.3 Å². The van der Waals surface area contributed by atoms with Crippen LogP contribution in [0.5, 0.6) is 0 Å². The van der Waals surface area contributed by atoms with Crippen molar-refractivity contribution >= 4 is 10.9 Å². The molecule has 0 amide bonds. The molecule has 2 heterocycles. The quantitative estimate of drug-likeness (QED) is 0.617. The van der Waals surface area contributed by atoms with Crippen LogP contribution >= 0.6 is 0 Å². The van der Waals surface area contributed by atoms with Crippen LogP contribution in [0.25, 0.3) is 16.6 Å². The third-order valence-electron chi connectivity index (χ3n) is 2.69. The second kappa shape index (κ2) is 3.45. The van der Waals surface area contributed by atoms with Crippen molar-refractivity contribution in [1.82, 2.24) is 14.8 Å². The highest BCUT2D eigenvalue weighted by molar-refractivity contribution is 5.88. The molecule has 0 aliphatic rings. The predicted octanol–water partition coefficient (Wildman–Crippen LogP) is 2.73. The van der Waals surface area contributed by atoms with Gasteiger partial charge in [-0.25, -0.2) is 4.68 Å². The normalized spacial score (nSPS) is 10.8. The molecule has 0 unspecified atom stereocenters. The third kappa shape index (κ3) is 1.29. The van der Waals surface area contributed by atoms with Crippen molar-refractivity contribution in [1.29, 1.82) is 0 Å². The molecule has 1 aromatic carbocycles. The summed E-state index contributed by atoms with van der Waals surface area (Å²) in [5, 5.41) is 5.42. The standard InChI is InChI=1S/C13H11N3/c1-10-5-6-12-11(4-2-7-14-12)13(10)16-9-3-8-15-16/h2-9H,1H3. The zero-order valence-corrected chi connectivity index (χ0v) is 8.96. The lowest BCUT2D eigenvalue weighted by atomic mass is 10.1. The first kappa shape index (κ1) is 9.09.